The third-order valence-corrected chi connectivity index (χ3v) is 7.46. The Morgan fingerprint density at radius 2 is 1.80 bits per heavy atom. The summed E-state index contributed by atoms with van der Waals surface area (Å²) in [4.78, 5) is 37.4. The van der Waals surface area contributed by atoms with Gasteiger partial charge in [-0.1, -0.05) is 51.8 Å². The van der Waals surface area contributed by atoms with Gasteiger partial charge >= 0.3 is 12.0 Å². The highest BCUT2D eigenvalue weighted by Crippen LogP contribution is 2.36. The number of rotatable bonds is 13. The normalized spacial score (nSPS) is 14.3. The van der Waals surface area contributed by atoms with E-state index in [1.807, 2.05) is 18.2 Å². The zero-order chi connectivity index (χ0) is 33.2. The summed E-state index contributed by atoms with van der Waals surface area (Å²) in [5.41, 5.74) is 4.94. The molecule has 0 spiro atoms. The van der Waals surface area contributed by atoms with Crippen molar-refractivity contribution in [1.82, 2.24) is 16.1 Å². The van der Waals surface area contributed by atoms with E-state index in [9.17, 15) is 14.4 Å². The lowest BCUT2D eigenvalue weighted by Gasteiger charge is -2.28. The Bertz CT molecular complexity index is 1680. The van der Waals surface area contributed by atoms with E-state index >= 15 is 0 Å². The zero-order valence-corrected chi connectivity index (χ0v) is 27.8. The van der Waals surface area contributed by atoms with Gasteiger partial charge in [-0.05, 0) is 49.7 Å². The number of nitrogens with one attached hydrogen (secondary N) is 3. The molecule has 3 N–H and O–H groups in total. The maximum absolute atomic E-state index is 12.6. The molecule has 1 aliphatic heterocycles. The van der Waals surface area contributed by atoms with Crippen LogP contribution in [0.15, 0.2) is 75.4 Å². The van der Waals surface area contributed by atoms with Gasteiger partial charge in [-0.2, -0.15) is 5.10 Å². The molecule has 12 nitrogen and oxygen atoms in total. The van der Waals surface area contributed by atoms with Gasteiger partial charge in [0.05, 0.1) is 38.7 Å². The molecule has 4 rings (SSSR count). The highest BCUT2D eigenvalue weighted by Gasteiger charge is 2.32. The van der Waals surface area contributed by atoms with E-state index in [-0.39, 0.29) is 36.9 Å². The first kappa shape index (κ1) is 34.1. The number of urea groups is 1. The van der Waals surface area contributed by atoms with E-state index in [2.05, 4.69) is 37.1 Å². The van der Waals surface area contributed by atoms with Crippen molar-refractivity contribution in [3.63, 3.8) is 0 Å². The van der Waals surface area contributed by atoms with E-state index in [1.54, 1.807) is 50.2 Å². The predicted octanol–water partition coefficient (Wildman–Crippen LogP) is 5.42. The highest BCUT2D eigenvalue weighted by molar-refractivity contribution is 9.10. The second-order valence-corrected chi connectivity index (χ2v) is 11.0. The second-order valence-electron chi connectivity index (χ2n) is 9.69. The summed E-state index contributed by atoms with van der Waals surface area (Å²) in [6, 6.07) is 14.4. The average Bonchev–Trinajstić information content (AvgIpc) is 3.03. The lowest BCUT2D eigenvalue weighted by Crippen LogP contribution is -2.45. The van der Waals surface area contributed by atoms with Crippen molar-refractivity contribution >= 4 is 51.7 Å². The maximum Gasteiger partial charge on any atom is 0.338 e. The van der Waals surface area contributed by atoms with E-state index in [1.165, 1.54) is 20.4 Å². The summed E-state index contributed by atoms with van der Waals surface area (Å²) in [6.07, 6.45) is 1.42. The zero-order valence-electron chi connectivity index (χ0n) is 25.4. The molecule has 3 aromatic carbocycles. The molecule has 1 heterocycles. The van der Waals surface area contributed by atoms with Crippen molar-refractivity contribution in [3.05, 3.63) is 92.1 Å². The molecule has 0 aromatic heterocycles. The molecule has 0 saturated heterocycles. The summed E-state index contributed by atoms with van der Waals surface area (Å²) in [5, 5.41) is 9.95. The molecule has 46 heavy (non-hydrogen) atoms. The number of methoxy groups -OCH3 is 2. The Labute approximate surface area is 279 Å². The Hall–Kier alpha value is -4.75. The molecule has 0 bridgehead atoms. The van der Waals surface area contributed by atoms with Crippen LogP contribution in [0.25, 0.3) is 0 Å². The predicted molar refractivity (Wildman–Crippen MR) is 174 cm³/mol. The van der Waals surface area contributed by atoms with Gasteiger partial charge in [0, 0.05) is 26.3 Å². The van der Waals surface area contributed by atoms with Crippen molar-refractivity contribution in [2.24, 2.45) is 5.10 Å². The molecule has 0 saturated carbocycles. The minimum atomic E-state index is -0.788. The van der Waals surface area contributed by atoms with Crippen LogP contribution < -0.4 is 35.0 Å². The fourth-order valence-electron chi connectivity index (χ4n) is 4.51. The number of amides is 3. The summed E-state index contributed by atoms with van der Waals surface area (Å²) in [6.45, 7) is 3.29. The number of carbonyl (C=O) groups excluding carboxylic acids is 3. The fourth-order valence-corrected chi connectivity index (χ4v) is 5.16. The van der Waals surface area contributed by atoms with Crippen LogP contribution in [-0.4, -0.2) is 51.6 Å². The van der Waals surface area contributed by atoms with Gasteiger partial charge in [-0.15, -0.1) is 0 Å². The SMILES string of the molecule is CCOC(=O)C1=C(C)NC(=O)N[C@H]1c1ccc(OCC(=O)N/N=C/c2cc(Br)cc(OC)c2OCc2ccccc2Cl)c(OC)c1. The third kappa shape index (κ3) is 8.49. The summed E-state index contributed by atoms with van der Waals surface area (Å²) in [5.74, 6) is 0.300. The molecular weight excluding hydrogens is 684 g/mol. The van der Waals surface area contributed by atoms with E-state index < -0.39 is 23.9 Å². The number of ether oxygens (including phenoxy) is 5. The molecular formula is C32H32BrClN4O8. The molecule has 0 aliphatic carbocycles. The lowest BCUT2D eigenvalue weighted by molar-refractivity contribution is -0.139. The van der Waals surface area contributed by atoms with Gasteiger partial charge in [0.15, 0.2) is 29.6 Å². The summed E-state index contributed by atoms with van der Waals surface area (Å²) < 4.78 is 28.6. The Morgan fingerprint density at radius 3 is 2.52 bits per heavy atom. The number of carbonyl (C=O) groups is 3. The molecule has 0 fully saturated rings. The monoisotopic (exact) mass is 714 g/mol. The molecule has 0 radical (unpaired) electrons. The number of benzene rings is 3. The van der Waals surface area contributed by atoms with Gasteiger partial charge in [-0.25, -0.2) is 15.0 Å². The smallest absolute Gasteiger partial charge is 0.338 e. The quantitative estimate of drug-likeness (QED) is 0.121. The number of esters is 1. The lowest BCUT2D eigenvalue weighted by atomic mass is 9.95. The number of hydrogen-bond donors (Lipinski definition) is 3. The van der Waals surface area contributed by atoms with Crippen LogP contribution >= 0.6 is 27.5 Å². The van der Waals surface area contributed by atoms with Crippen molar-refractivity contribution in [1.29, 1.82) is 0 Å². The molecule has 1 aliphatic rings. The van der Waals surface area contributed by atoms with Crippen LogP contribution in [0.4, 0.5) is 4.79 Å². The van der Waals surface area contributed by atoms with Crippen LogP contribution in [0.1, 0.15) is 36.6 Å². The topological polar surface area (TPSA) is 146 Å². The van der Waals surface area contributed by atoms with Gasteiger partial charge in [0.25, 0.3) is 5.91 Å². The largest absolute Gasteiger partial charge is 0.493 e. The first-order valence-corrected chi connectivity index (χ1v) is 15.1. The number of halogens is 2. The van der Waals surface area contributed by atoms with Gasteiger partial charge in [0.2, 0.25) is 0 Å². The van der Waals surface area contributed by atoms with Crippen LogP contribution in [-0.2, 0) is 20.9 Å². The standard InChI is InChI=1S/C32H32BrClN4O8/c1-5-44-31(40)28-18(2)36-32(41)37-29(28)19-10-11-24(25(13-19)42-3)45-17-27(39)38-35-15-21-12-22(33)14-26(43-4)30(21)46-16-20-8-6-7-9-23(20)34/h6-15,29H,5,16-17H2,1-4H3,(H,38,39)(H2,36,37,41)/b35-15+/t29-/m0/s1. The van der Waals surface area contributed by atoms with Crippen molar-refractivity contribution < 1.29 is 38.1 Å². The van der Waals surface area contributed by atoms with Crippen molar-refractivity contribution in [2.45, 2.75) is 26.5 Å². The number of allylic oxidation sites excluding steroid dienone is 1. The minimum Gasteiger partial charge on any atom is -0.493 e. The van der Waals surface area contributed by atoms with E-state index in [0.29, 0.717) is 37.8 Å². The van der Waals surface area contributed by atoms with Crippen molar-refractivity contribution in [2.75, 3.05) is 27.4 Å². The number of hydrogen-bond acceptors (Lipinski definition) is 9. The van der Waals surface area contributed by atoms with Gasteiger partial charge in [0.1, 0.15) is 6.61 Å². The molecule has 14 heteroatoms. The van der Waals surface area contributed by atoms with E-state index in [4.69, 9.17) is 35.3 Å². The van der Waals surface area contributed by atoms with Crippen LogP contribution in [0.5, 0.6) is 23.0 Å². The fraction of sp³-hybridized carbons (Fsp3) is 0.250. The van der Waals surface area contributed by atoms with Crippen LogP contribution in [0.2, 0.25) is 5.02 Å². The Kier molecular flexibility index (Phi) is 11.9. The van der Waals surface area contributed by atoms with Crippen molar-refractivity contribution in [3.8, 4) is 23.0 Å². The Morgan fingerprint density at radius 1 is 1.04 bits per heavy atom. The Balaban J connectivity index is 1.43. The first-order valence-electron chi connectivity index (χ1n) is 14.0. The minimum absolute atomic E-state index is 0.175. The molecule has 242 valence electrons. The third-order valence-electron chi connectivity index (χ3n) is 6.64. The van der Waals surface area contributed by atoms with E-state index in [0.717, 1.165) is 5.56 Å². The molecule has 0 unspecified atom stereocenters. The number of nitrogens with zero attached hydrogens (tertiary/aromatic N) is 1. The van der Waals surface area contributed by atoms with Gasteiger partial charge < -0.3 is 34.3 Å². The van der Waals surface area contributed by atoms with Crippen LogP contribution in [0.3, 0.4) is 0 Å². The molecule has 3 aromatic rings. The average molecular weight is 716 g/mol. The molecule has 1 atom stereocenters. The first-order chi connectivity index (χ1) is 22.1. The van der Waals surface area contributed by atoms with Gasteiger partial charge in [-0.3, -0.25) is 4.79 Å². The summed E-state index contributed by atoms with van der Waals surface area (Å²) >= 11 is 9.72. The summed E-state index contributed by atoms with van der Waals surface area (Å²) in [7, 11) is 2.95. The maximum atomic E-state index is 12.6. The second kappa shape index (κ2) is 16.0. The van der Waals surface area contributed by atoms with Crippen LogP contribution in [0, 0.1) is 0 Å². The number of hydrazone groups is 1. The molecule has 3 amide bonds. The highest BCUT2D eigenvalue weighted by atomic mass is 79.9.